The standard InChI is InChI=1S/C15H15N3O/c16-11-6-7-13(18-9-11)15(19)12-5-1-3-10-4-2-8-17-14(10)12/h2,4,6-9,12H,1,3,5,16H2. The summed E-state index contributed by atoms with van der Waals surface area (Å²) in [7, 11) is 0. The third-order valence-electron chi connectivity index (χ3n) is 3.55. The van der Waals surface area contributed by atoms with Gasteiger partial charge in [-0.25, -0.2) is 0 Å². The van der Waals surface area contributed by atoms with Gasteiger partial charge in [0.1, 0.15) is 5.69 Å². The lowest BCUT2D eigenvalue weighted by Crippen LogP contribution is -2.21. The van der Waals surface area contributed by atoms with Gasteiger partial charge >= 0.3 is 0 Å². The summed E-state index contributed by atoms with van der Waals surface area (Å²) in [4.78, 5) is 21.0. The van der Waals surface area contributed by atoms with Gasteiger partial charge in [0.25, 0.3) is 0 Å². The van der Waals surface area contributed by atoms with Crippen LogP contribution < -0.4 is 5.73 Å². The number of nitrogens with zero attached hydrogens (tertiary/aromatic N) is 2. The molecule has 0 aliphatic heterocycles. The molecule has 0 aromatic carbocycles. The SMILES string of the molecule is Nc1ccc(C(=O)C2CCCc3cccnc32)nc1. The van der Waals surface area contributed by atoms with Crippen LogP contribution in [0.15, 0.2) is 36.7 Å². The van der Waals surface area contributed by atoms with Crippen LogP contribution in [0, 0.1) is 0 Å². The highest BCUT2D eigenvalue weighted by Gasteiger charge is 2.28. The minimum absolute atomic E-state index is 0.0413. The smallest absolute Gasteiger partial charge is 0.190 e. The zero-order valence-corrected chi connectivity index (χ0v) is 10.5. The van der Waals surface area contributed by atoms with Crippen molar-refractivity contribution in [2.24, 2.45) is 0 Å². The second-order valence-electron chi connectivity index (χ2n) is 4.83. The molecule has 3 rings (SSSR count). The second kappa shape index (κ2) is 4.80. The highest BCUT2D eigenvalue weighted by atomic mass is 16.1. The van der Waals surface area contributed by atoms with Gasteiger partial charge < -0.3 is 5.73 Å². The third-order valence-corrected chi connectivity index (χ3v) is 3.55. The quantitative estimate of drug-likeness (QED) is 0.834. The maximum absolute atomic E-state index is 12.5. The summed E-state index contributed by atoms with van der Waals surface area (Å²) >= 11 is 0. The zero-order chi connectivity index (χ0) is 13.2. The van der Waals surface area contributed by atoms with E-state index in [1.54, 1.807) is 18.3 Å². The molecule has 1 aliphatic carbocycles. The molecule has 4 heteroatoms. The van der Waals surface area contributed by atoms with Crippen molar-refractivity contribution in [2.45, 2.75) is 25.2 Å². The van der Waals surface area contributed by atoms with Crippen LogP contribution in [0.1, 0.15) is 40.5 Å². The van der Waals surface area contributed by atoms with E-state index in [0.29, 0.717) is 11.4 Å². The number of rotatable bonds is 2. The second-order valence-corrected chi connectivity index (χ2v) is 4.83. The molecule has 0 radical (unpaired) electrons. The molecule has 2 N–H and O–H groups in total. The summed E-state index contributed by atoms with van der Waals surface area (Å²) in [5, 5.41) is 0. The number of nitrogen functional groups attached to an aromatic ring is 1. The lowest BCUT2D eigenvalue weighted by Gasteiger charge is -2.22. The molecule has 0 amide bonds. The normalized spacial score (nSPS) is 17.8. The van der Waals surface area contributed by atoms with Crippen LogP contribution in [0.5, 0.6) is 0 Å². The fraction of sp³-hybridized carbons (Fsp3) is 0.267. The van der Waals surface area contributed by atoms with E-state index in [9.17, 15) is 4.79 Å². The van der Waals surface area contributed by atoms with Crippen LogP contribution in [0.25, 0.3) is 0 Å². The van der Waals surface area contributed by atoms with Gasteiger partial charge in [0.2, 0.25) is 0 Å². The number of carbonyl (C=O) groups is 1. The minimum atomic E-state index is -0.166. The Balaban J connectivity index is 1.95. The Hall–Kier alpha value is -2.23. The van der Waals surface area contributed by atoms with E-state index in [1.807, 2.05) is 6.07 Å². The van der Waals surface area contributed by atoms with Crippen LogP contribution >= 0.6 is 0 Å². The molecule has 1 unspecified atom stereocenters. The molecule has 0 bridgehead atoms. The largest absolute Gasteiger partial charge is 0.397 e. The molecule has 96 valence electrons. The van der Waals surface area contributed by atoms with Gasteiger partial charge in [-0.2, -0.15) is 0 Å². The summed E-state index contributed by atoms with van der Waals surface area (Å²) in [6.07, 6.45) is 6.14. The average molecular weight is 253 g/mol. The number of ketones is 1. The first-order valence-corrected chi connectivity index (χ1v) is 6.45. The van der Waals surface area contributed by atoms with Crippen molar-refractivity contribution < 1.29 is 4.79 Å². The molecule has 0 saturated carbocycles. The number of hydrogen-bond donors (Lipinski definition) is 1. The van der Waals surface area contributed by atoms with Crippen molar-refractivity contribution in [3.05, 3.63) is 53.6 Å². The maximum atomic E-state index is 12.5. The molecule has 2 aromatic rings. The average Bonchev–Trinajstić information content (AvgIpc) is 2.47. The number of aromatic nitrogens is 2. The summed E-state index contributed by atoms with van der Waals surface area (Å²) in [6.45, 7) is 0. The molecular formula is C15H15N3O. The monoisotopic (exact) mass is 253 g/mol. The molecule has 19 heavy (non-hydrogen) atoms. The van der Waals surface area contributed by atoms with Gasteiger partial charge in [-0.05, 0) is 43.0 Å². The van der Waals surface area contributed by atoms with E-state index in [0.717, 1.165) is 25.0 Å². The van der Waals surface area contributed by atoms with Crippen molar-refractivity contribution in [1.29, 1.82) is 0 Å². The first kappa shape index (κ1) is 11.8. The Morgan fingerprint density at radius 2 is 2.16 bits per heavy atom. The van der Waals surface area contributed by atoms with E-state index >= 15 is 0 Å². The van der Waals surface area contributed by atoms with Crippen molar-refractivity contribution in [3.8, 4) is 0 Å². The summed E-state index contributed by atoms with van der Waals surface area (Å²) in [6, 6.07) is 7.38. The predicted molar refractivity (Wildman–Crippen MR) is 72.9 cm³/mol. The van der Waals surface area contributed by atoms with E-state index in [-0.39, 0.29) is 11.7 Å². The molecule has 1 aliphatic rings. The maximum Gasteiger partial charge on any atom is 0.190 e. The van der Waals surface area contributed by atoms with Gasteiger partial charge in [0.15, 0.2) is 5.78 Å². The number of fused-ring (bicyclic) bond motifs is 1. The molecule has 4 nitrogen and oxygen atoms in total. The Labute approximate surface area is 111 Å². The number of pyridine rings is 2. The summed E-state index contributed by atoms with van der Waals surface area (Å²) < 4.78 is 0. The predicted octanol–water partition coefficient (Wildman–Crippen LogP) is 2.36. The number of carbonyl (C=O) groups excluding carboxylic acids is 1. The molecular weight excluding hydrogens is 238 g/mol. The van der Waals surface area contributed by atoms with Crippen LogP contribution in [0.4, 0.5) is 5.69 Å². The van der Waals surface area contributed by atoms with Crippen molar-refractivity contribution >= 4 is 11.5 Å². The van der Waals surface area contributed by atoms with Gasteiger partial charge in [-0.3, -0.25) is 14.8 Å². The lowest BCUT2D eigenvalue weighted by molar-refractivity contribution is 0.0944. The first-order chi connectivity index (χ1) is 9.25. The third kappa shape index (κ3) is 2.21. The van der Waals surface area contributed by atoms with E-state index in [1.165, 1.54) is 11.8 Å². The van der Waals surface area contributed by atoms with Gasteiger partial charge in [0, 0.05) is 6.20 Å². The molecule has 0 saturated heterocycles. The zero-order valence-electron chi connectivity index (χ0n) is 10.5. The first-order valence-electron chi connectivity index (χ1n) is 6.45. The van der Waals surface area contributed by atoms with E-state index in [2.05, 4.69) is 16.0 Å². The van der Waals surface area contributed by atoms with Crippen LogP contribution in [-0.2, 0) is 6.42 Å². The molecule has 2 aromatic heterocycles. The number of nitrogens with two attached hydrogens (primary N) is 1. The fourth-order valence-electron chi connectivity index (χ4n) is 2.59. The van der Waals surface area contributed by atoms with Gasteiger partial charge in [-0.1, -0.05) is 6.07 Å². The van der Waals surface area contributed by atoms with Gasteiger partial charge in [-0.15, -0.1) is 0 Å². The Bertz CT molecular complexity index is 607. The number of aryl methyl sites for hydroxylation is 1. The minimum Gasteiger partial charge on any atom is -0.397 e. The Kier molecular flexibility index (Phi) is 2.99. The van der Waals surface area contributed by atoms with Crippen molar-refractivity contribution in [2.75, 3.05) is 5.73 Å². The van der Waals surface area contributed by atoms with Crippen molar-refractivity contribution in [1.82, 2.24) is 9.97 Å². The van der Waals surface area contributed by atoms with Crippen LogP contribution in [0.3, 0.4) is 0 Å². The number of Topliss-reactive ketones (excluding diaryl/α,β-unsaturated/α-hetero) is 1. The number of anilines is 1. The molecule has 0 fully saturated rings. The highest BCUT2D eigenvalue weighted by molar-refractivity contribution is 5.99. The fourth-order valence-corrected chi connectivity index (χ4v) is 2.59. The van der Waals surface area contributed by atoms with Gasteiger partial charge in [0.05, 0.1) is 23.5 Å². The van der Waals surface area contributed by atoms with E-state index < -0.39 is 0 Å². The van der Waals surface area contributed by atoms with Crippen LogP contribution in [0.2, 0.25) is 0 Å². The molecule has 0 spiro atoms. The summed E-state index contributed by atoms with van der Waals surface area (Å²) in [5.74, 6) is -0.124. The Morgan fingerprint density at radius 1 is 1.26 bits per heavy atom. The highest BCUT2D eigenvalue weighted by Crippen LogP contribution is 2.32. The molecule has 1 atom stereocenters. The lowest BCUT2D eigenvalue weighted by atomic mass is 9.83. The van der Waals surface area contributed by atoms with E-state index in [4.69, 9.17) is 5.73 Å². The molecule has 2 heterocycles. The van der Waals surface area contributed by atoms with Crippen LogP contribution in [-0.4, -0.2) is 15.8 Å². The Morgan fingerprint density at radius 3 is 2.95 bits per heavy atom. The van der Waals surface area contributed by atoms with Crippen molar-refractivity contribution in [3.63, 3.8) is 0 Å². The summed E-state index contributed by atoms with van der Waals surface area (Å²) in [5.41, 5.74) is 8.73. The topological polar surface area (TPSA) is 68.9 Å². The number of hydrogen-bond acceptors (Lipinski definition) is 4.